The van der Waals surface area contributed by atoms with Crippen molar-refractivity contribution < 1.29 is 17.9 Å². The number of hydrogen-bond acceptors (Lipinski definition) is 6. The van der Waals surface area contributed by atoms with Crippen LogP contribution in [0.15, 0.2) is 30.3 Å². The lowest BCUT2D eigenvalue weighted by molar-refractivity contribution is -0.137. The van der Waals surface area contributed by atoms with Crippen LogP contribution in [-0.2, 0) is 17.3 Å². The van der Waals surface area contributed by atoms with Gasteiger partial charge >= 0.3 is 6.18 Å². The number of fused-ring (bicyclic) bond motifs is 2. The molecular formula is C25H28F3N5O. The summed E-state index contributed by atoms with van der Waals surface area (Å²) in [5, 5.41) is 4.16. The molecule has 2 aromatic carbocycles. The fraction of sp³-hybridized carbons (Fsp3) is 0.440. The minimum Gasteiger partial charge on any atom is -0.399 e. The summed E-state index contributed by atoms with van der Waals surface area (Å²) in [4.78, 5) is 11.6. The summed E-state index contributed by atoms with van der Waals surface area (Å²) in [5.74, 6) is 1.20. The number of anilines is 3. The molecule has 5 rings (SSSR count). The summed E-state index contributed by atoms with van der Waals surface area (Å²) in [6.07, 6.45) is -1.36. The van der Waals surface area contributed by atoms with Crippen molar-refractivity contribution in [2.45, 2.75) is 51.4 Å². The van der Waals surface area contributed by atoms with Crippen LogP contribution < -0.4 is 16.0 Å². The second-order valence-electron chi connectivity index (χ2n) is 9.18. The number of alkyl halides is 3. The van der Waals surface area contributed by atoms with Crippen LogP contribution in [0, 0.1) is 6.92 Å². The molecule has 180 valence electrons. The van der Waals surface area contributed by atoms with Gasteiger partial charge in [-0.1, -0.05) is 0 Å². The molecule has 1 fully saturated rings. The highest BCUT2D eigenvalue weighted by molar-refractivity contribution is 5.93. The Hall–Kier alpha value is -3.07. The molecule has 0 spiro atoms. The Morgan fingerprint density at radius 3 is 2.74 bits per heavy atom. The molecule has 0 bridgehead atoms. The number of nitrogens with two attached hydrogens (primary N) is 1. The molecule has 1 saturated heterocycles. The van der Waals surface area contributed by atoms with Crippen molar-refractivity contribution in [1.82, 2.24) is 9.97 Å². The molecule has 34 heavy (non-hydrogen) atoms. The number of aromatic nitrogens is 2. The first-order chi connectivity index (χ1) is 16.2. The maximum absolute atomic E-state index is 13.3. The van der Waals surface area contributed by atoms with Crippen molar-refractivity contribution >= 4 is 28.1 Å². The average Bonchev–Trinajstić information content (AvgIpc) is 3.20. The van der Waals surface area contributed by atoms with Crippen molar-refractivity contribution in [1.29, 1.82) is 0 Å². The van der Waals surface area contributed by atoms with Gasteiger partial charge in [0.1, 0.15) is 11.6 Å². The predicted octanol–water partition coefficient (Wildman–Crippen LogP) is 5.25. The number of nitrogens with one attached hydrogen (secondary N) is 1. The van der Waals surface area contributed by atoms with Crippen LogP contribution in [0.3, 0.4) is 0 Å². The quantitative estimate of drug-likeness (QED) is 0.506. The smallest absolute Gasteiger partial charge is 0.399 e. The summed E-state index contributed by atoms with van der Waals surface area (Å²) >= 11 is 0. The SMILES string of the molecule is Cc1nc(N[C@H](C)c2cc(N)cc(C(F)(F)F)c2)c2cc3c(cc2n1)CCN3C1CCCOC1. The Labute approximate surface area is 196 Å². The summed E-state index contributed by atoms with van der Waals surface area (Å²) in [6, 6.07) is 7.77. The van der Waals surface area contributed by atoms with E-state index >= 15 is 0 Å². The molecule has 1 unspecified atom stereocenters. The monoisotopic (exact) mass is 471 g/mol. The molecule has 0 saturated carbocycles. The van der Waals surface area contributed by atoms with Crippen molar-refractivity contribution in [2.75, 3.05) is 35.7 Å². The first-order valence-electron chi connectivity index (χ1n) is 11.6. The minimum absolute atomic E-state index is 0.0744. The topological polar surface area (TPSA) is 76.3 Å². The maximum Gasteiger partial charge on any atom is 0.416 e. The second-order valence-corrected chi connectivity index (χ2v) is 9.18. The van der Waals surface area contributed by atoms with Gasteiger partial charge in [-0.05, 0) is 74.6 Å². The van der Waals surface area contributed by atoms with Gasteiger partial charge in [-0.2, -0.15) is 13.2 Å². The van der Waals surface area contributed by atoms with E-state index in [0.29, 0.717) is 23.2 Å². The zero-order valence-electron chi connectivity index (χ0n) is 19.2. The van der Waals surface area contributed by atoms with E-state index in [0.717, 1.165) is 67.7 Å². The fourth-order valence-corrected chi connectivity index (χ4v) is 4.99. The van der Waals surface area contributed by atoms with Crippen LogP contribution in [0.25, 0.3) is 10.9 Å². The molecule has 3 heterocycles. The van der Waals surface area contributed by atoms with Crippen molar-refractivity contribution in [3.63, 3.8) is 0 Å². The van der Waals surface area contributed by atoms with Crippen LogP contribution in [0.4, 0.5) is 30.4 Å². The highest BCUT2D eigenvalue weighted by Crippen LogP contribution is 2.38. The number of nitrogens with zero attached hydrogens (tertiary/aromatic N) is 3. The third-order valence-corrected chi connectivity index (χ3v) is 6.67. The lowest BCUT2D eigenvalue weighted by Crippen LogP contribution is -2.40. The molecule has 0 radical (unpaired) electrons. The first-order valence-corrected chi connectivity index (χ1v) is 11.6. The van der Waals surface area contributed by atoms with Crippen LogP contribution >= 0.6 is 0 Å². The van der Waals surface area contributed by atoms with Gasteiger partial charge in [0.15, 0.2) is 0 Å². The van der Waals surface area contributed by atoms with Crippen LogP contribution in [-0.4, -0.2) is 35.8 Å². The third-order valence-electron chi connectivity index (χ3n) is 6.67. The largest absolute Gasteiger partial charge is 0.416 e. The molecule has 1 aromatic heterocycles. The minimum atomic E-state index is -4.46. The van der Waals surface area contributed by atoms with Crippen molar-refractivity contribution in [3.8, 4) is 0 Å². The standard InChI is InChI=1S/C25H28F3N5O/c1-14(17-8-18(25(26,27)28)11-19(29)9-17)30-24-21-12-23-16(10-22(21)31-15(2)32-24)5-6-33(23)20-4-3-7-34-13-20/h8-12,14,20H,3-7,13,29H2,1-2H3,(H,30,31,32)/t14-,20?/m1/s1. The molecule has 0 aliphatic carbocycles. The molecule has 2 atom stereocenters. The van der Waals surface area contributed by atoms with E-state index in [9.17, 15) is 13.2 Å². The third kappa shape index (κ3) is 4.36. The zero-order valence-corrected chi connectivity index (χ0v) is 19.2. The van der Waals surface area contributed by atoms with Crippen molar-refractivity contribution in [3.05, 3.63) is 52.8 Å². The van der Waals surface area contributed by atoms with Gasteiger partial charge in [-0.25, -0.2) is 9.97 Å². The Bertz CT molecular complexity index is 1220. The average molecular weight is 472 g/mol. The van der Waals surface area contributed by atoms with Gasteiger partial charge < -0.3 is 20.7 Å². The lowest BCUT2D eigenvalue weighted by atomic mass is 10.0. The normalized spacial score (nSPS) is 19.3. The highest BCUT2D eigenvalue weighted by Gasteiger charge is 2.32. The van der Waals surface area contributed by atoms with E-state index in [2.05, 4.69) is 32.3 Å². The van der Waals surface area contributed by atoms with Crippen LogP contribution in [0.1, 0.15) is 48.3 Å². The molecule has 9 heteroatoms. The Morgan fingerprint density at radius 2 is 2.00 bits per heavy atom. The number of halogens is 3. The Kier molecular flexibility index (Phi) is 5.75. The summed E-state index contributed by atoms with van der Waals surface area (Å²) in [6.45, 7) is 6.09. The highest BCUT2D eigenvalue weighted by atomic mass is 19.4. The fourth-order valence-electron chi connectivity index (χ4n) is 4.99. The molecule has 2 aliphatic heterocycles. The number of ether oxygens (including phenoxy) is 1. The molecule has 3 aromatic rings. The number of rotatable bonds is 4. The zero-order chi connectivity index (χ0) is 24.0. The van der Waals surface area contributed by atoms with E-state index in [1.807, 2.05) is 6.92 Å². The van der Waals surface area contributed by atoms with Gasteiger partial charge in [0.2, 0.25) is 0 Å². The van der Waals surface area contributed by atoms with Crippen LogP contribution in [0.5, 0.6) is 0 Å². The number of benzene rings is 2. The van der Waals surface area contributed by atoms with Gasteiger partial charge in [-0.15, -0.1) is 0 Å². The maximum atomic E-state index is 13.3. The summed E-state index contributed by atoms with van der Waals surface area (Å²) < 4.78 is 45.6. The molecular weight excluding hydrogens is 443 g/mol. The van der Waals surface area contributed by atoms with E-state index in [4.69, 9.17) is 10.5 Å². The molecule has 6 nitrogen and oxygen atoms in total. The lowest BCUT2D eigenvalue weighted by Gasteiger charge is -2.33. The molecule has 2 aliphatic rings. The summed E-state index contributed by atoms with van der Waals surface area (Å²) in [7, 11) is 0. The van der Waals surface area contributed by atoms with Gasteiger partial charge in [0.05, 0.1) is 29.8 Å². The van der Waals surface area contributed by atoms with Gasteiger partial charge in [0.25, 0.3) is 0 Å². The Balaban J connectivity index is 1.51. The van der Waals surface area contributed by atoms with Crippen LogP contribution in [0.2, 0.25) is 0 Å². The second kappa shape index (κ2) is 8.61. The first kappa shape index (κ1) is 22.7. The van der Waals surface area contributed by atoms with E-state index in [-0.39, 0.29) is 5.69 Å². The van der Waals surface area contributed by atoms with Crippen molar-refractivity contribution in [2.24, 2.45) is 0 Å². The van der Waals surface area contributed by atoms with E-state index < -0.39 is 17.8 Å². The van der Waals surface area contributed by atoms with Gasteiger partial charge in [-0.3, -0.25) is 0 Å². The Morgan fingerprint density at radius 1 is 1.18 bits per heavy atom. The van der Waals surface area contributed by atoms with E-state index in [1.54, 1.807) is 13.0 Å². The molecule has 0 amide bonds. The summed E-state index contributed by atoms with van der Waals surface area (Å²) in [5.41, 5.74) is 8.77. The van der Waals surface area contributed by atoms with E-state index in [1.165, 1.54) is 5.56 Å². The number of aryl methyl sites for hydroxylation is 1. The number of hydrogen-bond donors (Lipinski definition) is 2. The number of nitrogen functional groups attached to an aromatic ring is 1. The predicted molar refractivity (Wildman–Crippen MR) is 127 cm³/mol. The van der Waals surface area contributed by atoms with Gasteiger partial charge in [0, 0.05) is 29.9 Å². The molecule has 3 N–H and O–H groups in total.